The van der Waals surface area contributed by atoms with Crippen molar-refractivity contribution in [1.82, 2.24) is 0 Å². The summed E-state index contributed by atoms with van der Waals surface area (Å²) in [6.07, 6.45) is 14.8. The number of hydrogen-bond acceptors (Lipinski definition) is 3. The van der Waals surface area contributed by atoms with Gasteiger partial charge in [0.2, 0.25) is 5.09 Å². The van der Waals surface area contributed by atoms with E-state index in [9.17, 15) is 8.42 Å². The number of rotatable bonds is 13. The average Bonchev–Trinajstić information content (AvgIpc) is 2.94. The predicted octanol–water partition coefficient (Wildman–Crippen LogP) is 4.73. The molecule has 0 spiro atoms. The maximum atomic E-state index is 10.9. The molecule has 1 aromatic heterocycles. The first-order valence-corrected chi connectivity index (χ1v) is 10.0. The molecule has 0 unspecified atom stereocenters. The third-order valence-corrected chi connectivity index (χ3v) is 4.65. The van der Waals surface area contributed by atoms with Gasteiger partial charge in [0, 0.05) is 6.42 Å². The Morgan fingerprint density at radius 3 is 1.78 bits per heavy atom. The molecule has 130 valence electrons. The molecule has 0 aliphatic carbocycles. The zero-order chi connectivity index (χ0) is 16.3. The molecule has 23 heavy (non-hydrogen) atoms. The Morgan fingerprint density at radius 2 is 1.35 bits per heavy atom. The van der Waals surface area contributed by atoms with E-state index in [0.717, 1.165) is 19.3 Å². The van der Waals surface area contributed by atoms with Gasteiger partial charge in [-0.15, -0.1) is 0 Å². The van der Waals surface area contributed by atoms with Crippen LogP contribution in [0.25, 0.3) is 0 Å². The van der Waals surface area contributed by atoms with Crippen LogP contribution in [0.4, 0.5) is 0 Å². The third-order valence-electron chi connectivity index (χ3n) is 3.92. The monoisotopic (exact) mass is 354 g/mol. The normalized spacial score (nSPS) is 11.4. The second-order valence-corrected chi connectivity index (χ2v) is 7.33. The summed E-state index contributed by atoms with van der Waals surface area (Å²) in [5.41, 5.74) is 0. The van der Waals surface area contributed by atoms with Gasteiger partial charge in [-0.1, -0.05) is 71.1 Å². The van der Waals surface area contributed by atoms with E-state index in [2.05, 4.69) is 6.92 Å². The average molecular weight is 354 g/mol. The standard InChI is InChI=1S/C17H30O4S.Na.H/c1-2-3-4-5-6-7-8-9-10-11-12-13-16-14-15-17(21-16)22(18,19)20;;/h14-15H,2-13H2,1H3,(H,18,19,20);;. The van der Waals surface area contributed by atoms with Gasteiger partial charge in [0.25, 0.3) is 0 Å². The molecular weight excluding hydrogens is 323 g/mol. The number of furan rings is 1. The molecule has 0 aliphatic heterocycles. The number of hydrogen-bond donors (Lipinski definition) is 1. The van der Waals surface area contributed by atoms with Crippen LogP contribution >= 0.6 is 0 Å². The van der Waals surface area contributed by atoms with Crippen molar-refractivity contribution in [2.45, 2.75) is 89.1 Å². The predicted molar refractivity (Wildman–Crippen MR) is 95.8 cm³/mol. The Morgan fingerprint density at radius 1 is 0.870 bits per heavy atom. The summed E-state index contributed by atoms with van der Waals surface area (Å²) < 4.78 is 35.7. The van der Waals surface area contributed by atoms with E-state index in [4.69, 9.17) is 8.97 Å². The summed E-state index contributed by atoms with van der Waals surface area (Å²) in [5.74, 6) is 0.628. The van der Waals surface area contributed by atoms with Crippen molar-refractivity contribution in [3.05, 3.63) is 17.9 Å². The van der Waals surface area contributed by atoms with Crippen molar-refractivity contribution in [1.29, 1.82) is 0 Å². The van der Waals surface area contributed by atoms with Gasteiger partial charge in [0.15, 0.2) is 0 Å². The molecule has 1 heterocycles. The van der Waals surface area contributed by atoms with Crippen molar-refractivity contribution in [2.24, 2.45) is 0 Å². The van der Waals surface area contributed by atoms with Crippen molar-refractivity contribution in [3.8, 4) is 0 Å². The van der Waals surface area contributed by atoms with Gasteiger partial charge in [0.05, 0.1) is 0 Å². The van der Waals surface area contributed by atoms with Crippen LogP contribution in [0.5, 0.6) is 0 Å². The zero-order valence-corrected chi connectivity index (χ0v) is 14.5. The molecule has 0 fully saturated rings. The molecule has 0 radical (unpaired) electrons. The summed E-state index contributed by atoms with van der Waals surface area (Å²) in [5, 5.41) is -0.356. The van der Waals surface area contributed by atoms with E-state index in [1.54, 1.807) is 6.07 Å². The number of aryl methyl sites for hydroxylation is 1. The van der Waals surface area contributed by atoms with Crippen molar-refractivity contribution >= 4 is 39.7 Å². The summed E-state index contributed by atoms with van der Waals surface area (Å²) in [6.45, 7) is 2.24. The minimum atomic E-state index is -4.20. The molecule has 0 atom stereocenters. The van der Waals surface area contributed by atoms with Crippen molar-refractivity contribution in [3.63, 3.8) is 0 Å². The van der Waals surface area contributed by atoms with E-state index in [-0.39, 0.29) is 34.6 Å². The zero-order valence-electron chi connectivity index (χ0n) is 13.7. The van der Waals surface area contributed by atoms with Crippen molar-refractivity contribution in [2.75, 3.05) is 0 Å². The summed E-state index contributed by atoms with van der Waals surface area (Å²) in [7, 11) is -4.20. The van der Waals surface area contributed by atoms with Gasteiger partial charge in [-0.3, -0.25) is 4.55 Å². The van der Waals surface area contributed by atoms with E-state index in [0.29, 0.717) is 5.76 Å². The first kappa shape index (κ1) is 23.2. The molecule has 0 bridgehead atoms. The molecule has 0 saturated heterocycles. The quantitative estimate of drug-likeness (QED) is 0.316. The van der Waals surface area contributed by atoms with Gasteiger partial charge >= 0.3 is 39.7 Å². The molecule has 6 heteroatoms. The number of unbranched alkanes of at least 4 members (excludes halogenated alkanes) is 10. The molecule has 0 amide bonds. The van der Waals surface area contributed by atoms with E-state index in [1.165, 1.54) is 63.9 Å². The topological polar surface area (TPSA) is 67.5 Å². The summed E-state index contributed by atoms with van der Waals surface area (Å²) in [6, 6.07) is 2.93. The molecule has 4 nitrogen and oxygen atoms in total. The SMILES string of the molecule is CCCCCCCCCCCCCc1ccc(S(=O)(=O)O)o1.[NaH]. The van der Waals surface area contributed by atoms with Crippen LogP contribution in [-0.2, 0) is 16.5 Å². The molecule has 0 aliphatic rings. The molecular formula is C17H31NaO4S. The summed E-state index contributed by atoms with van der Waals surface area (Å²) in [4.78, 5) is 0. The fourth-order valence-corrected chi connectivity index (χ4v) is 3.05. The van der Waals surface area contributed by atoms with Crippen LogP contribution in [0.2, 0.25) is 0 Å². The van der Waals surface area contributed by atoms with Crippen LogP contribution in [0.15, 0.2) is 21.6 Å². The first-order valence-electron chi connectivity index (χ1n) is 8.60. The Bertz CT molecular complexity index is 496. The van der Waals surface area contributed by atoms with Crippen LogP contribution in [0, 0.1) is 0 Å². The van der Waals surface area contributed by atoms with Crippen LogP contribution in [-0.4, -0.2) is 42.5 Å². The fourth-order valence-electron chi connectivity index (χ4n) is 2.59. The van der Waals surface area contributed by atoms with Crippen LogP contribution in [0.1, 0.15) is 83.3 Å². The van der Waals surface area contributed by atoms with Gasteiger partial charge in [-0.25, -0.2) is 0 Å². The second-order valence-electron chi connectivity index (χ2n) is 5.98. The van der Waals surface area contributed by atoms with Gasteiger partial charge in [0.1, 0.15) is 5.76 Å². The van der Waals surface area contributed by atoms with Crippen LogP contribution < -0.4 is 0 Å². The second kappa shape index (κ2) is 13.5. The molecule has 1 N–H and O–H groups in total. The van der Waals surface area contributed by atoms with Gasteiger partial charge in [-0.05, 0) is 18.6 Å². The molecule has 0 saturated carbocycles. The minimum absolute atomic E-state index is 0. The third kappa shape index (κ3) is 11.4. The maximum absolute atomic E-state index is 10.9. The van der Waals surface area contributed by atoms with Crippen molar-refractivity contribution < 1.29 is 17.4 Å². The Kier molecular flexibility index (Phi) is 13.6. The molecule has 1 rings (SSSR count). The van der Waals surface area contributed by atoms with Gasteiger partial charge in [-0.2, -0.15) is 8.42 Å². The van der Waals surface area contributed by atoms with E-state index >= 15 is 0 Å². The Hall–Kier alpha value is 0.190. The van der Waals surface area contributed by atoms with Gasteiger partial charge < -0.3 is 4.42 Å². The molecule has 0 aromatic carbocycles. The van der Waals surface area contributed by atoms with E-state index < -0.39 is 10.1 Å². The Labute approximate surface area is 163 Å². The van der Waals surface area contributed by atoms with Crippen LogP contribution in [0.3, 0.4) is 0 Å². The molecule has 1 aromatic rings. The Balaban J connectivity index is 0.00000484. The first-order chi connectivity index (χ1) is 10.5. The van der Waals surface area contributed by atoms with E-state index in [1.807, 2.05) is 0 Å². The summed E-state index contributed by atoms with van der Waals surface area (Å²) >= 11 is 0. The fraction of sp³-hybridized carbons (Fsp3) is 0.765.